The van der Waals surface area contributed by atoms with E-state index in [1.807, 2.05) is 0 Å². The van der Waals surface area contributed by atoms with Crippen molar-refractivity contribution in [1.82, 2.24) is 0 Å². The summed E-state index contributed by atoms with van der Waals surface area (Å²) in [6, 6.07) is 4.42. The third-order valence-corrected chi connectivity index (χ3v) is 2.20. The minimum atomic E-state index is -2.56. The highest BCUT2D eigenvalue weighted by molar-refractivity contribution is 6.31. The Morgan fingerprint density at radius 3 is 2.76 bits per heavy atom. The van der Waals surface area contributed by atoms with Crippen molar-refractivity contribution in [3.63, 3.8) is 0 Å². The number of aliphatic imine (C=N–C) groups is 1. The van der Waals surface area contributed by atoms with Gasteiger partial charge in [0.25, 0.3) is 6.43 Å². The number of hydrogen-bond acceptors (Lipinski definition) is 2. The van der Waals surface area contributed by atoms with Crippen molar-refractivity contribution >= 4 is 34.7 Å². The van der Waals surface area contributed by atoms with Crippen molar-refractivity contribution in [3.8, 4) is 5.75 Å². The van der Waals surface area contributed by atoms with Crippen molar-refractivity contribution in [1.29, 1.82) is 0 Å². The molecule has 1 aromatic rings. The lowest BCUT2D eigenvalue weighted by Crippen LogP contribution is -2.12. The zero-order valence-corrected chi connectivity index (χ0v) is 10.2. The first-order valence-electron chi connectivity index (χ1n) is 4.62. The molecule has 0 radical (unpaired) electrons. The highest BCUT2D eigenvalue weighted by Crippen LogP contribution is 2.31. The molecule has 17 heavy (non-hydrogen) atoms. The number of nitrogens with zero attached hydrogens (tertiary/aromatic N) is 1. The molecule has 1 rings (SSSR count). The maximum Gasteiger partial charge on any atom is 0.272 e. The van der Waals surface area contributed by atoms with Crippen LogP contribution in [0.3, 0.4) is 0 Å². The van der Waals surface area contributed by atoms with E-state index < -0.39 is 13.0 Å². The summed E-state index contributed by atoms with van der Waals surface area (Å²) in [4.78, 5) is 3.92. The number of nitrogens with two attached hydrogens (primary N) is 1. The van der Waals surface area contributed by atoms with Gasteiger partial charge in [0, 0.05) is 5.02 Å². The standard InChI is InChI=1S/C10H10Cl2F2N2O/c11-4-10(15)16-7-3-6(12)1-2-8(7)17-5-9(13)14/h1-3,9H,4-5H2,(H2,15,16). The maximum absolute atomic E-state index is 12.0. The molecule has 0 atom stereocenters. The van der Waals surface area contributed by atoms with Crippen LogP contribution in [0, 0.1) is 0 Å². The van der Waals surface area contributed by atoms with Crippen LogP contribution in [-0.4, -0.2) is 24.7 Å². The fraction of sp³-hybridized carbons (Fsp3) is 0.300. The van der Waals surface area contributed by atoms with Gasteiger partial charge in [0.1, 0.15) is 23.9 Å². The van der Waals surface area contributed by atoms with Crippen LogP contribution in [0.4, 0.5) is 14.5 Å². The largest absolute Gasteiger partial charge is 0.485 e. The molecule has 3 nitrogen and oxygen atoms in total. The number of ether oxygens (including phenoxy) is 1. The van der Waals surface area contributed by atoms with Gasteiger partial charge in [-0.2, -0.15) is 0 Å². The fourth-order valence-corrected chi connectivity index (χ4v) is 1.26. The van der Waals surface area contributed by atoms with Crippen LogP contribution >= 0.6 is 23.2 Å². The SMILES string of the molecule is NC(CCl)=Nc1cc(Cl)ccc1OCC(F)F. The summed E-state index contributed by atoms with van der Waals surface area (Å²) in [7, 11) is 0. The van der Waals surface area contributed by atoms with E-state index in [1.54, 1.807) is 0 Å². The van der Waals surface area contributed by atoms with Gasteiger partial charge in [0.15, 0.2) is 0 Å². The molecule has 1 aromatic carbocycles. The fourth-order valence-electron chi connectivity index (χ4n) is 1.04. The van der Waals surface area contributed by atoms with Gasteiger partial charge >= 0.3 is 0 Å². The third kappa shape index (κ3) is 4.75. The molecule has 7 heteroatoms. The zero-order valence-electron chi connectivity index (χ0n) is 8.67. The Bertz CT molecular complexity index is 413. The van der Waals surface area contributed by atoms with E-state index in [2.05, 4.69) is 4.99 Å². The molecule has 0 fully saturated rings. The first kappa shape index (κ1) is 14.0. The van der Waals surface area contributed by atoms with E-state index in [9.17, 15) is 8.78 Å². The van der Waals surface area contributed by atoms with Crippen LogP contribution in [0.5, 0.6) is 5.75 Å². The molecule has 2 N–H and O–H groups in total. The molecule has 0 amide bonds. The Morgan fingerprint density at radius 2 is 2.18 bits per heavy atom. The number of rotatable bonds is 5. The van der Waals surface area contributed by atoms with E-state index in [1.165, 1.54) is 18.2 Å². The predicted octanol–water partition coefficient (Wildman–Crippen LogP) is 3.21. The summed E-state index contributed by atoms with van der Waals surface area (Å²) in [5.74, 6) is 0.361. The normalized spacial score (nSPS) is 11.9. The summed E-state index contributed by atoms with van der Waals surface area (Å²) in [6.07, 6.45) is -2.56. The van der Waals surface area contributed by atoms with Crippen LogP contribution in [0.25, 0.3) is 0 Å². The van der Waals surface area contributed by atoms with Gasteiger partial charge in [-0.1, -0.05) is 11.6 Å². The monoisotopic (exact) mass is 282 g/mol. The Balaban J connectivity index is 2.95. The van der Waals surface area contributed by atoms with E-state index in [0.717, 1.165) is 0 Å². The van der Waals surface area contributed by atoms with Gasteiger partial charge in [-0.25, -0.2) is 13.8 Å². The molecular formula is C10H10Cl2F2N2O. The summed E-state index contributed by atoms with van der Waals surface area (Å²) in [5, 5.41) is 0.399. The molecule has 0 saturated carbocycles. The molecular weight excluding hydrogens is 273 g/mol. The second-order valence-electron chi connectivity index (χ2n) is 3.05. The molecule has 0 heterocycles. The van der Waals surface area contributed by atoms with E-state index in [0.29, 0.717) is 5.02 Å². The van der Waals surface area contributed by atoms with Crippen LogP contribution in [0.2, 0.25) is 5.02 Å². The molecule has 0 aromatic heterocycles. The molecule has 94 valence electrons. The van der Waals surface area contributed by atoms with Crippen molar-refractivity contribution in [2.75, 3.05) is 12.5 Å². The molecule has 0 saturated heterocycles. The number of benzene rings is 1. The minimum Gasteiger partial charge on any atom is -0.485 e. The minimum absolute atomic E-state index is 0.0286. The van der Waals surface area contributed by atoms with Gasteiger partial charge in [-0.05, 0) is 18.2 Å². The lowest BCUT2D eigenvalue weighted by Gasteiger charge is -2.09. The van der Waals surface area contributed by atoms with Gasteiger partial charge in [0.2, 0.25) is 0 Å². The first-order chi connectivity index (χ1) is 8.02. The number of amidine groups is 1. The van der Waals surface area contributed by atoms with Gasteiger partial charge in [-0.15, -0.1) is 11.6 Å². The topological polar surface area (TPSA) is 47.6 Å². The molecule has 0 spiro atoms. The van der Waals surface area contributed by atoms with Crippen molar-refractivity contribution in [2.24, 2.45) is 10.7 Å². The van der Waals surface area contributed by atoms with E-state index >= 15 is 0 Å². The van der Waals surface area contributed by atoms with Crippen LogP contribution < -0.4 is 10.5 Å². The molecule has 0 aliphatic carbocycles. The number of halogens is 4. The smallest absolute Gasteiger partial charge is 0.272 e. The lowest BCUT2D eigenvalue weighted by atomic mass is 10.3. The average molecular weight is 283 g/mol. The van der Waals surface area contributed by atoms with Gasteiger partial charge in [-0.3, -0.25) is 0 Å². The highest BCUT2D eigenvalue weighted by Gasteiger charge is 2.08. The maximum atomic E-state index is 12.0. The average Bonchev–Trinajstić information content (AvgIpc) is 2.27. The molecule has 0 aliphatic heterocycles. The first-order valence-corrected chi connectivity index (χ1v) is 5.53. The van der Waals surface area contributed by atoms with Crippen LogP contribution in [0.15, 0.2) is 23.2 Å². The summed E-state index contributed by atoms with van der Waals surface area (Å²) >= 11 is 11.2. The lowest BCUT2D eigenvalue weighted by molar-refractivity contribution is 0.0822. The third-order valence-electron chi connectivity index (χ3n) is 1.69. The van der Waals surface area contributed by atoms with E-state index in [-0.39, 0.29) is 23.2 Å². The second kappa shape index (κ2) is 6.61. The summed E-state index contributed by atoms with van der Waals surface area (Å²) in [6.45, 7) is -0.717. The van der Waals surface area contributed by atoms with Gasteiger partial charge in [0.05, 0.1) is 5.88 Å². The zero-order chi connectivity index (χ0) is 12.8. The van der Waals surface area contributed by atoms with E-state index in [4.69, 9.17) is 33.7 Å². The molecule has 0 unspecified atom stereocenters. The quantitative estimate of drug-likeness (QED) is 0.512. The Labute approximate surface area is 107 Å². The van der Waals surface area contributed by atoms with Crippen LogP contribution in [0.1, 0.15) is 0 Å². The van der Waals surface area contributed by atoms with Crippen molar-refractivity contribution in [2.45, 2.75) is 6.43 Å². The summed E-state index contributed by atoms with van der Waals surface area (Å²) < 4.78 is 28.9. The predicted molar refractivity (Wildman–Crippen MR) is 65.0 cm³/mol. The summed E-state index contributed by atoms with van der Waals surface area (Å²) in [5.41, 5.74) is 5.73. The highest BCUT2D eigenvalue weighted by atomic mass is 35.5. The Hall–Kier alpha value is -1.07. The Morgan fingerprint density at radius 1 is 1.47 bits per heavy atom. The number of alkyl halides is 3. The number of hydrogen-bond donors (Lipinski definition) is 1. The van der Waals surface area contributed by atoms with Crippen molar-refractivity contribution < 1.29 is 13.5 Å². The molecule has 0 aliphatic rings. The molecule has 0 bridgehead atoms. The van der Waals surface area contributed by atoms with Crippen molar-refractivity contribution in [3.05, 3.63) is 23.2 Å². The Kier molecular flexibility index (Phi) is 5.44. The van der Waals surface area contributed by atoms with Gasteiger partial charge < -0.3 is 10.5 Å². The second-order valence-corrected chi connectivity index (χ2v) is 3.75. The van der Waals surface area contributed by atoms with Crippen LogP contribution in [-0.2, 0) is 0 Å².